The normalized spacial score (nSPS) is 11.4. The molecule has 0 spiro atoms. The van der Waals surface area contributed by atoms with E-state index in [1.54, 1.807) is 13.0 Å². The molecule has 0 fully saturated rings. The second-order valence-electron chi connectivity index (χ2n) is 6.69. The molecule has 3 rings (SSSR count). The maximum Gasteiger partial charge on any atom is 0.416 e. The van der Waals surface area contributed by atoms with Gasteiger partial charge in [0, 0.05) is 23.4 Å². The number of nitrogens with zero attached hydrogens (tertiary/aromatic N) is 2. The number of anilines is 1. The molecule has 2 aromatic carbocycles. The summed E-state index contributed by atoms with van der Waals surface area (Å²) in [4.78, 5) is 34.0. The van der Waals surface area contributed by atoms with Crippen LogP contribution in [0.3, 0.4) is 0 Å². The molecule has 1 heterocycles. The summed E-state index contributed by atoms with van der Waals surface area (Å²) in [7, 11) is 0. The minimum Gasteiger partial charge on any atom is -0.455 e. The van der Waals surface area contributed by atoms with Gasteiger partial charge in [-0.15, -0.1) is 0 Å². The second kappa shape index (κ2) is 9.34. The maximum atomic E-state index is 12.7. The summed E-state index contributed by atoms with van der Waals surface area (Å²) in [5, 5.41) is 16.5. The summed E-state index contributed by atoms with van der Waals surface area (Å²) in [5.74, 6) is -1.81. The number of rotatable bonds is 5. The minimum absolute atomic E-state index is 0.0595. The highest BCUT2D eigenvalue weighted by Gasteiger charge is 2.30. The third kappa shape index (κ3) is 5.81. The van der Waals surface area contributed by atoms with Gasteiger partial charge in [-0.3, -0.25) is 19.7 Å². The summed E-state index contributed by atoms with van der Waals surface area (Å²) in [5.41, 5.74) is 1.92. The predicted molar refractivity (Wildman–Crippen MR) is 111 cm³/mol. The zero-order valence-corrected chi connectivity index (χ0v) is 16.8. The van der Waals surface area contributed by atoms with Gasteiger partial charge in [0.2, 0.25) is 0 Å². The van der Waals surface area contributed by atoms with Crippen LogP contribution in [0.15, 0.2) is 64.1 Å². The van der Waals surface area contributed by atoms with Gasteiger partial charge < -0.3 is 9.73 Å². The number of halogens is 3. The number of carbonyl (C=O) groups excluding carboxylic acids is 2. The van der Waals surface area contributed by atoms with Gasteiger partial charge in [-0.25, -0.2) is 5.43 Å². The Kier molecular flexibility index (Phi) is 6.56. The van der Waals surface area contributed by atoms with Crippen molar-refractivity contribution in [2.45, 2.75) is 13.1 Å². The molecule has 0 atom stereocenters. The lowest BCUT2D eigenvalue weighted by atomic mass is 10.1. The Morgan fingerprint density at radius 3 is 2.52 bits per heavy atom. The number of alkyl halides is 3. The van der Waals surface area contributed by atoms with Crippen LogP contribution >= 0.6 is 0 Å². The Morgan fingerprint density at radius 2 is 1.85 bits per heavy atom. The molecular weight excluding hydrogens is 445 g/mol. The van der Waals surface area contributed by atoms with Crippen LogP contribution in [0.4, 0.5) is 24.5 Å². The molecule has 2 N–H and O–H groups in total. The first-order chi connectivity index (χ1) is 15.5. The summed E-state index contributed by atoms with van der Waals surface area (Å²) >= 11 is 0. The van der Waals surface area contributed by atoms with Gasteiger partial charge in [0.25, 0.3) is 5.69 Å². The summed E-state index contributed by atoms with van der Waals surface area (Å²) in [6.45, 7) is 1.68. The monoisotopic (exact) mass is 460 g/mol. The molecular formula is C21H15F3N4O5. The highest BCUT2D eigenvalue weighted by molar-refractivity contribution is 6.39. The minimum atomic E-state index is -4.60. The molecule has 0 unspecified atom stereocenters. The lowest BCUT2D eigenvalue weighted by molar-refractivity contribution is -0.384. The number of hydrazone groups is 1. The molecule has 1 aromatic heterocycles. The Balaban J connectivity index is 1.61. The van der Waals surface area contributed by atoms with Crippen LogP contribution in [0.2, 0.25) is 0 Å². The third-order valence-corrected chi connectivity index (χ3v) is 4.32. The number of nitro benzene ring substituents is 1. The molecule has 0 radical (unpaired) electrons. The molecule has 170 valence electrons. The SMILES string of the molecule is Cc1cc([N+](=O)[O-])ccc1-c1ccc(C=NNC(=O)C(=O)Nc2cccc(C(F)(F)F)c2)o1. The maximum absolute atomic E-state index is 12.7. The molecule has 0 aliphatic carbocycles. The van der Waals surface area contributed by atoms with Crippen molar-refractivity contribution in [2.24, 2.45) is 5.10 Å². The quantitative estimate of drug-likeness (QED) is 0.254. The van der Waals surface area contributed by atoms with Crippen molar-refractivity contribution in [2.75, 3.05) is 5.32 Å². The van der Waals surface area contributed by atoms with Gasteiger partial charge in [0.1, 0.15) is 11.5 Å². The number of hydrogen-bond donors (Lipinski definition) is 2. The first-order valence-corrected chi connectivity index (χ1v) is 9.21. The number of benzene rings is 2. The Morgan fingerprint density at radius 1 is 1.09 bits per heavy atom. The molecule has 33 heavy (non-hydrogen) atoms. The van der Waals surface area contributed by atoms with Crippen molar-refractivity contribution in [1.82, 2.24) is 5.43 Å². The van der Waals surface area contributed by atoms with Crippen LogP contribution in [-0.2, 0) is 15.8 Å². The molecule has 2 amide bonds. The van der Waals surface area contributed by atoms with Crippen molar-refractivity contribution in [3.63, 3.8) is 0 Å². The van der Waals surface area contributed by atoms with E-state index in [1.165, 1.54) is 30.3 Å². The fourth-order valence-corrected chi connectivity index (χ4v) is 2.77. The summed E-state index contributed by atoms with van der Waals surface area (Å²) in [6.07, 6.45) is -3.48. The fraction of sp³-hybridized carbons (Fsp3) is 0.0952. The topological polar surface area (TPSA) is 127 Å². The third-order valence-electron chi connectivity index (χ3n) is 4.32. The number of nitrogens with one attached hydrogen (secondary N) is 2. The van der Waals surface area contributed by atoms with E-state index in [0.717, 1.165) is 18.3 Å². The van der Waals surface area contributed by atoms with Crippen LogP contribution < -0.4 is 10.7 Å². The lowest BCUT2D eigenvalue weighted by Crippen LogP contribution is -2.32. The van der Waals surface area contributed by atoms with E-state index in [0.29, 0.717) is 23.0 Å². The number of aryl methyl sites for hydroxylation is 1. The van der Waals surface area contributed by atoms with E-state index in [-0.39, 0.29) is 17.1 Å². The zero-order chi connectivity index (χ0) is 24.2. The first kappa shape index (κ1) is 23.2. The standard InChI is InChI=1S/C21H15F3N4O5/c1-12-9-15(28(31)32)5-7-17(12)18-8-6-16(33-18)11-25-27-20(30)19(29)26-14-4-2-3-13(10-14)21(22,23)24/h2-11H,1H3,(H,26,29)(H,27,30). The van der Waals surface area contributed by atoms with E-state index >= 15 is 0 Å². The van der Waals surface area contributed by atoms with Crippen molar-refractivity contribution >= 4 is 29.4 Å². The van der Waals surface area contributed by atoms with Crippen molar-refractivity contribution in [3.8, 4) is 11.3 Å². The molecule has 0 bridgehead atoms. The number of carbonyl (C=O) groups is 2. The van der Waals surface area contributed by atoms with Crippen molar-refractivity contribution in [3.05, 3.63) is 81.6 Å². The highest BCUT2D eigenvalue weighted by Crippen LogP contribution is 2.31. The molecule has 0 aliphatic rings. The fourth-order valence-electron chi connectivity index (χ4n) is 2.77. The zero-order valence-electron chi connectivity index (χ0n) is 16.8. The average Bonchev–Trinajstić information content (AvgIpc) is 3.21. The van der Waals surface area contributed by atoms with Gasteiger partial charge in [-0.1, -0.05) is 6.07 Å². The van der Waals surface area contributed by atoms with E-state index in [4.69, 9.17) is 4.42 Å². The molecule has 9 nitrogen and oxygen atoms in total. The van der Waals surface area contributed by atoms with Crippen LogP contribution in [0.1, 0.15) is 16.9 Å². The number of hydrogen-bond acceptors (Lipinski definition) is 6. The Labute approximate surface area is 184 Å². The number of nitro groups is 1. The molecule has 0 saturated heterocycles. The van der Waals surface area contributed by atoms with Gasteiger partial charge in [-0.05, 0) is 48.9 Å². The Hall–Kier alpha value is -4.48. The molecule has 0 saturated carbocycles. The number of non-ortho nitro benzene ring substituents is 1. The van der Waals surface area contributed by atoms with Crippen LogP contribution in [-0.4, -0.2) is 23.0 Å². The van der Waals surface area contributed by atoms with Gasteiger partial charge in [0.05, 0.1) is 16.7 Å². The first-order valence-electron chi connectivity index (χ1n) is 9.21. The lowest BCUT2D eigenvalue weighted by Gasteiger charge is -2.09. The van der Waals surface area contributed by atoms with Crippen molar-refractivity contribution in [1.29, 1.82) is 0 Å². The molecule has 0 aliphatic heterocycles. The van der Waals surface area contributed by atoms with Crippen LogP contribution in [0.25, 0.3) is 11.3 Å². The number of furan rings is 1. The second-order valence-corrected chi connectivity index (χ2v) is 6.69. The van der Waals surface area contributed by atoms with E-state index in [9.17, 15) is 32.9 Å². The smallest absolute Gasteiger partial charge is 0.416 e. The largest absolute Gasteiger partial charge is 0.455 e. The highest BCUT2D eigenvalue weighted by atomic mass is 19.4. The van der Waals surface area contributed by atoms with E-state index < -0.39 is 28.5 Å². The Bertz CT molecular complexity index is 1250. The van der Waals surface area contributed by atoms with Gasteiger partial charge in [-0.2, -0.15) is 18.3 Å². The van der Waals surface area contributed by atoms with E-state index in [1.807, 2.05) is 5.43 Å². The average molecular weight is 460 g/mol. The molecule has 3 aromatic rings. The van der Waals surface area contributed by atoms with Gasteiger partial charge in [0.15, 0.2) is 0 Å². The van der Waals surface area contributed by atoms with Crippen LogP contribution in [0.5, 0.6) is 0 Å². The number of amides is 2. The predicted octanol–water partition coefficient (Wildman–Crippen LogP) is 4.27. The van der Waals surface area contributed by atoms with Crippen LogP contribution in [0, 0.1) is 17.0 Å². The van der Waals surface area contributed by atoms with Gasteiger partial charge >= 0.3 is 18.0 Å². The molecule has 12 heteroatoms. The van der Waals surface area contributed by atoms with E-state index in [2.05, 4.69) is 10.4 Å². The summed E-state index contributed by atoms with van der Waals surface area (Å²) < 4.78 is 43.7. The van der Waals surface area contributed by atoms with Crippen molar-refractivity contribution < 1.29 is 32.1 Å². The summed E-state index contributed by atoms with van der Waals surface area (Å²) in [6, 6.07) is 11.2.